The molecule has 13 heteroatoms. The monoisotopic (exact) mass is 565 g/mol. The third kappa shape index (κ3) is 6.73. The number of rotatable bonds is 8. The average molecular weight is 566 g/mol. The van der Waals surface area contributed by atoms with E-state index < -0.39 is 39.8 Å². The van der Waals surface area contributed by atoms with Gasteiger partial charge in [-0.2, -0.15) is 13.2 Å². The second kappa shape index (κ2) is 11.0. The van der Waals surface area contributed by atoms with Crippen molar-refractivity contribution in [2.45, 2.75) is 30.6 Å². The zero-order chi connectivity index (χ0) is 28.4. The summed E-state index contributed by atoms with van der Waals surface area (Å²) < 4.78 is 85.5. The predicted octanol–water partition coefficient (Wildman–Crippen LogP) is 4.45. The first-order valence-electron chi connectivity index (χ1n) is 11.6. The van der Waals surface area contributed by atoms with Crippen LogP contribution in [0.1, 0.15) is 18.1 Å². The molecule has 0 bridgehead atoms. The number of sulfonamides is 1. The van der Waals surface area contributed by atoms with Crippen LogP contribution in [0, 0.1) is 5.82 Å². The van der Waals surface area contributed by atoms with Crippen LogP contribution in [0.2, 0.25) is 0 Å². The van der Waals surface area contributed by atoms with E-state index in [4.69, 9.17) is 4.74 Å². The van der Waals surface area contributed by atoms with E-state index in [1.165, 1.54) is 24.0 Å². The second-order valence-corrected chi connectivity index (χ2v) is 10.5. The molecule has 1 atom stereocenters. The molecule has 2 N–H and O–H groups in total. The molecule has 0 radical (unpaired) electrons. The number of nitrogens with one attached hydrogen (secondary N) is 2. The summed E-state index contributed by atoms with van der Waals surface area (Å²) in [4.78, 5) is 24.2. The number of hydrogen-bond acceptors (Lipinski definition) is 5. The molecule has 0 spiro atoms. The number of cyclic esters (lactones) is 1. The minimum absolute atomic E-state index is 0.137. The molecule has 1 aliphatic rings. The first kappa shape index (κ1) is 28.0. The van der Waals surface area contributed by atoms with Crippen LogP contribution in [-0.2, 0) is 32.3 Å². The van der Waals surface area contributed by atoms with Crippen LogP contribution >= 0.6 is 0 Å². The van der Waals surface area contributed by atoms with Gasteiger partial charge < -0.3 is 10.1 Å². The van der Waals surface area contributed by atoms with Gasteiger partial charge in [0.15, 0.2) is 0 Å². The van der Waals surface area contributed by atoms with E-state index in [-0.39, 0.29) is 36.0 Å². The number of nitrogens with zero attached hydrogens (tertiary/aromatic N) is 1. The summed E-state index contributed by atoms with van der Waals surface area (Å²) in [6.07, 6.45) is -5.79. The van der Waals surface area contributed by atoms with Gasteiger partial charge in [-0.3, -0.25) is 9.69 Å². The van der Waals surface area contributed by atoms with E-state index >= 15 is 0 Å². The normalized spacial score (nSPS) is 15.8. The number of anilines is 1. The van der Waals surface area contributed by atoms with E-state index in [0.29, 0.717) is 28.9 Å². The topological polar surface area (TPSA) is 105 Å². The van der Waals surface area contributed by atoms with Crippen LogP contribution in [0.5, 0.6) is 0 Å². The SMILES string of the molecule is CC(=O)NCC1CN(c2ccc(-c3ccc(CNS(=O)(=O)c4ccc(C(F)(F)F)cc4)cc3)c(F)c2)C(=O)O1. The fraction of sp³-hybridized carbons (Fsp3) is 0.231. The maximum absolute atomic E-state index is 15.0. The molecular formula is C26H23F4N3O5S. The van der Waals surface area contributed by atoms with Crippen molar-refractivity contribution in [3.63, 3.8) is 0 Å². The van der Waals surface area contributed by atoms with Crippen molar-refractivity contribution in [3.05, 3.63) is 83.7 Å². The largest absolute Gasteiger partial charge is 0.442 e. The molecule has 206 valence electrons. The van der Waals surface area contributed by atoms with Gasteiger partial charge in [0, 0.05) is 19.0 Å². The van der Waals surface area contributed by atoms with Crippen molar-refractivity contribution in [1.82, 2.24) is 10.0 Å². The van der Waals surface area contributed by atoms with Crippen LogP contribution in [0.15, 0.2) is 71.6 Å². The number of ether oxygens (including phenoxy) is 1. The Hall–Kier alpha value is -3.97. The third-order valence-corrected chi connectivity index (χ3v) is 7.36. The highest BCUT2D eigenvalue weighted by Gasteiger charge is 2.33. The molecule has 1 saturated heterocycles. The molecule has 1 unspecified atom stereocenters. The van der Waals surface area contributed by atoms with Crippen LogP contribution in [0.25, 0.3) is 11.1 Å². The summed E-state index contributed by atoms with van der Waals surface area (Å²) >= 11 is 0. The van der Waals surface area contributed by atoms with Gasteiger partial charge in [0.25, 0.3) is 0 Å². The van der Waals surface area contributed by atoms with Gasteiger partial charge in [-0.25, -0.2) is 22.3 Å². The molecule has 39 heavy (non-hydrogen) atoms. The molecular weight excluding hydrogens is 542 g/mol. The van der Waals surface area contributed by atoms with E-state index in [9.17, 15) is 35.6 Å². The summed E-state index contributed by atoms with van der Waals surface area (Å²) in [5, 5.41) is 2.57. The standard InChI is InChI=1S/C26H23F4N3O5S/c1-16(34)31-14-21-15-33(25(35)38-21)20-8-11-23(24(27)12-20)18-4-2-17(3-5-18)13-32-39(36,37)22-9-6-19(7-10-22)26(28,29)30/h2-12,21,32H,13-15H2,1H3,(H,31,34). The average Bonchev–Trinajstić information content (AvgIpc) is 3.26. The van der Waals surface area contributed by atoms with E-state index in [0.717, 1.165) is 12.1 Å². The van der Waals surface area contributed by atoms with Gasteiger partial charge in [0.2, 0.25) is 15.9 Å². The highest BCUT2D eigenvalue weighted by molar-refractivity contribution is 7.89. The Bertz CT molecular complexity index is 1480. The zero-order valence-electron chi connectivity index (χ0n) is 20.5. The summed E-state index contributed by atoms with van der Waals surface area (Å²) in [6, 6.07) is 13.8. The van der Waals surface area contributed by atoms with E-state index in [1.54, 1.807) is 30.3 Å². The molecule has 1 aliphatic heterocycles. The maximum Gasteiger partial charge on any atom is 0.416 e. The van der Waals surface area contributed by atoms with E-state index in [2.05, 4.69) is 10.0 Å². The fourth-order valence-corrected chi connectivity index (χ4v) is 4.91. The molecule has 1 heterocycles. The molecule has 0 saturated carbocycles. The number of benzene rings is 3. The van der Waals surface area contributed by atoms with Gasteiger partial charge in [0.05, 0.1) is 29.2 Å². The Morgan fingerprint density at radius 3 is 2.31 bits per heavy atom. The molecule has 0 aliphatic carbocycles. The van der Waals surface area contributed by atoms with Gasteiger partial charge in [0.1, 0.15) is 11.9 Å². The minimum Gasteiger partial charge on any atom is -0.442 e. The molecule has 0 aromatic heterocycles. The van der Waals surface area contributed by atoms with Gasteiger partial charge >= 0.3 is 12.3 Å². The minimum atomic E-state index is -4.57. The number of alkyl halides is 3. The van der Waals surface area contributed by atoms with Crippen LogP contribution < -0.4 is 14.9 Å². The van der Waals surface area contributed by atoms with Crippen LogP contribution in [0.4, 0.5) is 28.0 Å². The highest BCUT2D eigenvalue weighted by Crippen LogP contribution is 2.31. The predicted molar refractivity (Wildman–Crippen MR) is 134 cm³/mol. The smallest absolute Gasteiger partial charge is 0.416 e. The lowest BCUT2D eigenvalue weighted by Crippen LogP contribution is -2.33. The van der Waals surface area contributed by atoms with Crippen LogP contribution in [0.3, 0.4) is 0 Å². The number of carbonyl (C=O) groups is 2. The summed E-state index contributed by atoms with van der Waals surface area (Å²) in [6.45, 7) is 1.50. The van der Waals surface area contributed by atoms with E-state index in [1.807, 2.05) is 0 Å². The Morgan fingerprint density at radius 1 is 1.05 bits per heavy atom. The second-order valence-electron chi connectivity index (χ2n) is 8.76. The number of carbonyl (C=O) groups excluding carboxylic acids is 2. The first-order valence-corrected chi connectivity index (χ1v) is 13.1. The van der Waals surface area contributed by atoms with Crippen molar-refractivity contribution < 1.29 is 40.3 Å². The Balaban J connectivity index is 1.40. The Morgan fingerprint density at radius 2 is 1.72 bits per heavy atom. The quantitative estimate of drug-likeness (QED) is 0.393. The first-order chi connectivity index (χ1) is 18.3. The lowest BCUT2D eigenvalue weighted by atomic mass is 10.0. The molecule has 3 aromatic rings. The van der Waals surface area contributed by atoms with Crippen molar-refractivity contribution in [3.8, 4) is 11.1 Å². The van der Waals surface area contributed by atoms with Crippen molar-refractivity contribution in [1.29, 1.82) is 0 Å². The highest BCUT2D eigenvalue weighted by atomic mass is 32.2. The summed E-state index contributed by atoms with van der Waals surface area (Å²) in [7, 11) is -4.06. The Kier molecular flexibility index (Phi) is 7.93. The third-order valence-electron chi connectivity index (χ3n) is 5.94. The number of halogens is 4. The van der Waals surface area contributed by atoms with Crippen molar-refractivity contribution in [2.75, 3.05) is 18.0 Å². The molecule has 4 rings (SSSR count). The van der Waals surface area contributed by atoms with Crippen molar-refractivity contribution in [2.24, 2.45) is 0 Å². The molecule has 1 fully saturated rings. The van der Waals surface area contributed by atoms with Gasteiger partial charge in [-0.15, -0.1) is 0 Å². The van der Waals surface area contributed by atoms with Gasteiger partial charge in [-0.1, -0.05) is 24.3 Å². The summed E-state index contributed by atoms with van der Waals surface area (Å²) in [5.41, 5.74) is 0.625. The lowest BCUT2D eigenvalue weighted by molar-refractivity contribution is -0.137. The number of amides is 2. The number of hydrogen-bond donors (Lipinski definition) is 2. The lowest BCUT2D eigenvalue weighted by Gasteiger charge is -2.15. The Labute approximate surface area is 221 Å². The van der Waals surface area contributed by atoms with Crippen LogP contribution in [-0.4, -0.2) is 39.6 Å². The van der Waals surface area contributed by atoms with Crippen molar-refractivity contribution >= 4 is 27.7 Å². The fourth-order valence-electron chi connectivity index (χ4n) is 3.89. The maximum atomic E-state index is 15.0. The molecule has 2 amide bonds. The molecule has 3 aromatic carbocycles. The summed E-state index contributed by atoms with van der Waals surface area (Å²) in [5.74, 6) is -0.858. The molecule has 8 nitrogen and oxygen atoms in total. The zero-order valence-corrected chi connectivity index (χ0v) is 21.3. The van der Waals surface area contributed by atoms with Gasteiger partial charge in [-0.05, 0) is 53.6 Å².